The Labute approximate surface area is 129 Å². The molecule has 0 saturated heterocycles. The van der Waals surface area contributed by atoms with E-state index in [0.717, 1.165) is 12.1 Å². The van der Waals surface area contributed by atoms with Crippen LogP contribution in [-0.4, -0.2) is 27.5 Å². The van der Waals surface area contributed by atoms with Crippen molar-refractivity contribution in [3.05, 3.63) is 36.0 Å². The van der Waals surface area contributed by atoms with Gasteiger partial charge in [0.05, 0.1) is 4.90 Å². The second-order valence-electron chi connectivity index (χ2n) is 5.67. The predicted molar refractivity (Wildman–Crippen MR) is 81.2 cm³/mol. The van der Waals surface area contributed by atoms with Crippen LogP contribution >= 0.6 is 0 Å². The molecule has 5 nitrogen and oxygen atoms in total. The smallest absolute Gasteiger partial charge is 0.235 e. The van der Waals surface area contributed by atoms with Crippen molar-refractivity contribution < 1.29 is 17.2 Å². The van der Waals surface area contributed by atoms with Crippen LogP contribution in [0.15, 0.2) is 38.6 Å². The first kappa shape index (κ1) is 16.5. The molecule has 7 heteroatoms. The quantitative estimate of drug-likeness (QED) is 0.791. The van der Waals surface area contributed by atoms with Crippen molar-refractivity contribution in [2.45, 2.75) is 30.2 Å². The molecule has 120 valence electrons. The summed E-state index contributed by atoms with van der Waals surface area (Å²) in [4.78, 5) is 5.70. The lowest BCUT2D eigenvalue weighted by Crippen LogP contribution is -2.13. The van der Waals surface area contributed by atoms with Crippen molar-refractivity contribution in [2.24, 2.45) is 5.92 Å². The van der Waals surface area contributed by atoms with E-state index in [-0.39, 0.29) is 21.7 Å². The largest absolute Gasteiger partial charge is 0.424 e. The van der Waals surface area contributed by atoms with Crippen molar-refractivity contribution in [2.75, 3.05) is 19.0 Å². The third-order valence-corrected chi connectivity index (χ3v) is 4.66. The molecule has 1 heterocycles. The summed E-state index contributed by atoms with van der Waals surface area (Å²) in [6, 6.07) is 4.66. The second-order valence-corrected chi connectivity index (χ2v) is 7.53. The third kappa shape index (κ3) is 3.30. The van der Waals surface area contributed by atoms with Gasteiger partial charge in [0.25, 0.3) is 0 Å². The van der Waals surface area contributed by atoms with Gasteiger partial charge in [-0.3, -0.25) is 0 Å². The van der Waals surface area contributed by atoms with Crippen LogP contribution in [-0.2, 0) is 16.3 Å². The zero-order chi connectivity index (χ0) is 16.5. The molecule has 0 radical (unpaired) electrons. The number of hydrogen-bond donors (Lipinski definition) is 0. The molecule has 0 N–H and O–H groups in total. The van der Waals surface area contributed by atoms with Crippen molar-refractivity contribution in [3.63, 3.8) is 0 Å². The van der Waals surface area contributed by atoms with E-state index >= 15 is 0 Å². The van der Waals surface area contributed by atoms with Crippen LogP contribution in [0.3, 0.4) is 0 Å². The van der Waals surface area contributed by atoms with Gasteiger partial charge in [-0.25, -0.2) is 12.8 Å². The molecule has 1 aromatic carbocycles. The maximum atomic E-state index is 13.0. The van der Waals surface area contributed by atoms with Gasteiger partial charge in [0.15, 0.2) is 5.89 Å². The first-order chi connectivity index (χ1) is 10.2. The van der Waals surface area contributed by atoms with Crippen LogP contribution in [0.2, 0.25) is 0 Å². The number of hydrogen-bond acceptors (Lipinski definition) is 5. The molecule has 0 amide bonds. The number of aromatic nitrogens is 1. The molecular formula is C15H19FN2O3S. The molecule has 2 aromatic rings. The number of sulfone groups is 1. The van der Waals surface area contributed by atoms with Crippen LogP contribution in [0.25, 0.3) is 0 Å². The molecular weight excluding hydrogens is 307 g/mol. The van der Waals surface area contributed by atoms with E-state index in [2.05, 4.69) is 4.98 Å². The Kier molecular flexibility index (Phi) is 4.55. The maximum absolute atomic E-state index is 13.0. The standard InChI is InChI=1S/C15H19FN2O3S/c1-10(2)9-13-17-14(15(21-13)18(3)4)22(19,20)12-7-5-11(16)6-8-12/h5-8,10H,9H2,1-4H3. The predicted octanol–water partition coefficient (Wildman–Crippen LogP) is 2.91. The average molecular weight is 326 g/mol. The van der Waals surface area contributed by atoms with E-state index in [1.165, 1.54) is 12.1 Å². The highest BCUT2D eigenvalue weighted by Gasteiger charge is 2.29. The Morgan fingerprint density at radius 1 is 1.23 bits per heavy atom. The molecule has 0 aliphatic rings. The van der Waals surface area contributed by atoms with Crippen LogP contribution < -0.4 is 4.90 Å². The van der Waals surface area contributed by atoms with E-state index in [0.29, 0.717) is 12.3 Å². The Morgan fingerprint density at radius 2 is 1.82 bits per heavy atom. The first-order valence-electron chi connectivity index (χ1n) is 6.89. The summed E-state index contributed by atoms with van der Waals surface area (Å²) in [6.45, 7) is 3.99. The molecule has 1 aromatic heterocycles. The van der Waals surface area contributed by atoms with E-state index in [1.54, 1.807) is 19.0 Å². The zero-order valence-electron chi connectivity index (χ0n) is 13.0. The zero-order valence-corrected chi connectivity index (χ0v) is 13.8. The van der Waals surface area contributed by atoms with Gasteiger partial charge < -0.3 is 9.32 Å². The molecule has 0 aliphatic heterocycles. The second kappa shape index (κ2) is 6.08. The molecule has 0 fully saturated rings. The van der Waals surface area contributed by atoms with Gasteiger partial charge in [-0.15, -0.1) is 0 Å². The molecule has 0 unspecified atom stereocenters. The Bertz CT molecular complexity index is 750. The van der Waals surface area contributed by atoms with Crippen LogP contribution in [0.4, 0.5) is 10.3 Å². The van der Waals surface area contributed by atoms with Crippen molar-refractivity contribution in [3.8, 4) is 0 Å². The SMILES string of the molecule is CC(C)Cc1nc(S(=O)(=O)c2ccc(F)cc2)c(N(C)C)o1. The molecule has 2 rings (SSSR count). The highest BCUT2D eigenvalue weighted by atomic mass is 32.2. The van der Waals surface area contributed by atoms with E-state index in [1.807, 2.05) is 13.8 Å². The number of rotatable bonds is 5. The van der Waals surface area contributed by atoms with Gasteiger partial charge in [0.2, 0.25) is 20.7 Å². The number of oxazole rings is 1. The molecule has 0 bridgehead atoms. The maximum Gasteiger partial charge on any atom is 0.235 e. The molecule has 0 aliphatic carbocycles. The fourth-order valence-electron chi connectivity index (χ4n) is 1.96. The highest BCUT2D eigenvalue weighted by molar-refractivity contribution is 7.91. The summed E-state index contributed by atoms with van der Waals surface area (Å²) in [5.41, 5.74) is 0. The van der Waals surface area contributed by atoms with Crippen molar-refractivity contribution in [1.29, 1.82) is 0 Å². The van der Waals surface area contributed by atoms with E-state index < -0.39 is 15.7 Å². The fourth-order valence-corrected chi connectivity index (χ4v) is 3.35. The lowest BCUT2D eigenvalue weighted by molar-refractivity contribution is 0.459. The molecule has 0 spiro atoms. The first-order valence-corrected chi connectivity index (χ1v) is 8.38. The summed E-state index contributed by atoms with van der Waals surface area (Å²) >= 11 is 0. The number of nitrogens with zero attached hydrogens (tertiary/aromatic N) is 2. The normalized spacial score (nSPS) is 11.9. The highest BCUT2D eigenvalue weighted by Crippen LogP contribution is 2.30. The molecule has 22 heavy (non-hydrogen) atoms. The summed E-state index contributed by atoms with van der Waals surface area (Å²) in [6.07, 6.45) is 0.541. The number of halogens is 1. The average Bonchev–Trinajstić information content (AvgIpc) is 2.83. The van der Waals surface area contributed by atoms with Crippen LogP contribution in [0.5, 0.6) is 0 Å². The third-order valence-electron chi connectivity index (χ3n) is 2.99. The summed E-state index contributed by atoms with van der Waals surface area (Å²) in [5, 5.41) is -0.139. The van der Waals surface area contributed by atoms with Gasteiger partial charge in [-0.2, -0.15) is 4.98 Å². The van der Waals surface area contributed by atoms with Crippen molar-refractivity contribution in [1.82, 2.24) is 4.98 Å². The molecule has 0 atom stereocenters. The van der Waals surface area contributed by atoms with Crippen LogP contribution in [0.1, 0.15) is 19.7 Å². The van der Waals surface area contributed by atoms with Gasteiger partial charge in [0.1, 0.15) is 5.82 Å². The lowest BCUT2D eigenvalue weighted by atomic mass is 10.1. The summed E-state index contributed by atoms with van der Waals surface area (Å²) in [7, 11) is -0.492. The topological polar surface area (TPSA) is 63.4 Å². The molecule has 0 saturated carbocycles. The minimum Gasteiger partial charge on any atom is -0.424 e. The van der Waals surface area contributed by atoms with Gasteiger partial charge in [0, 0.05) is 20.5 Å². The van der Waals surface area contributed by atoms with E-state index in [4.69, 9.17) is 4.42 Å². The Balaban J connectivity index is 2.54. The minimum absolute atomic E-state index is 0.0126. The van der Waals surface area contributed by atoms with Gasteiger partial charge >= 0.3 is 0 Å². The number of anilines is 1. The van der Waals surface area contributed by atoms with E-state index in [9.17, 15) is 12.8 Å². The van der Waals surface area contributed by atoms with Gasteiger partial charge in [-0.1, -0.05) is 13.8 Å². The number of benzene rings is 1. The van der Waals surface area contributed by atoms with Crippen molar-refractivity contribution >= 4 is 15.7 Å². The Morgan fingerprint density at radius 3 is 2.32 bits per heavy atom. The Hall–Kier alpha value is -1.89. The summed E-state index contributed by atoms with van der Waals surface area (Å²) < 4.78 is 44.0. The van der Waals surface area contributed by atoms with Gasteiger partial charge in [-0.05, 0) is 30.2 Å². The minimum atomic E-state index is -3.86. The van der Waals surface area contributed by atoms with Crippen LogP contribution in [0, 0.1) is 11.7 Å². The lowest BCUT2D eigenvalue weighted by Gasteiger charge is -2.10. The fraction of sp³-hybridized carbons (Fsp3) is 0.400. The summed E-state index contributed by atoms with van der Waals surface area (Å²) in [5.74, 6) is 0.349. The monoisotopic (exact) mass is 326 g/mol.